The average Bonchev–Trinajstić information content (AvgIpc) is 2.83. The van der Waals surface area contributed by atoms with Crippen LogP contribution >= 0.6 is 35.0 Å². The molecule has 2 amide bonds. The second-order valence-corrected chi connectivity index (χ2v) is 10.9. The number of carbonyl (C=O) groups is 2. The Morgan fingerprint density at radius 1 is 1.06 bits per heavy atom. The van der Waals surface area contributed by atoms with Crippen molar-refractivity contribution in [1.82, 2.24) is 10.2 Å². The predicted octanol–water partition coefficient (Wildman–Crippen LogP) is 7.04. The highest BCUT2D eigenvalue weighted by atomic mass is 35.5. The van der Waals surface area contributed by atoms with Crippen molar-refractivity contribution in [2.75, 3.05) is 5.75 Å². The Hall–Kier alpha value is -1.69. The molecule has 0 unspecified atom stereocenters. The first kappa shape index (κ1) is 26.9. The molecular weight excluding hydrogens is 487 g/mol. The fourth-order valence-corrected chi connectivity index (χ4v) is 5.49. The second-order valence-electron chi connectivity index (χ2n) is 8.95. The maximum atomic E-state index is 13.4. The third-order valence-electron chi connectivity index (χ3n) is 6.28. The Morgan fingerprint density at radius 2 is 1.76 bits per heavy atom. The zero-order valence-corrected chi connectivity index (χ0v) is 22.3. The Labute approximate surface area is 217 Å². The fraction of sp³-hybridized carbons (Fsp3) is 0.481. The maximum absolute atomic E-state index is 13.4. The van der Waals surface area contributed by atoms with Gasteiger partial charge in [0.2, 0.25) is 11.8 Å². The van der Waals surface area contributed by atoms with E-state index in [-0.39, 0.29) is 17.9 Å². The highest BCUT2D eigenvalue weighted by molar-refractivity contribution is 7.99. The summed E-state index contributed by atoms with van der Waals surface area (Å²) >= 11 is 14.0. The van der Waals surface area contributed by atoms with Crippen LogP contribution in [0, 0.1) is 6.92 Å². The van der Waals surface area contributed by atoms with Crippen LogP contribution in [0.25, 0.3) is 0 Å². The molecule has 1 atom stereocenters. The van der Waals surface area contributed by atoms with Crippen LogP contribution in [0.1, 0.15) is 63.0 Å². The molecular formula is C27H34Cl2N2O2S. The second kappa shape index (κ2) is 13.4. The van der Waals surface area contributed by atoms with Gasteiger partial charge in [0.1, 0.15) is 6.04 Å². The van der Waals surface area contributed by atoms with Crippen LogP contribution in [0.2, 0.25) is 10.0 Å². The summed E-state index contributed by atoms with van der Waals surface area (Å²) in [6.45, 7) is 4.34. The molecule has 0 radical (unpaired) electrons. The summed E-state index contributed by atoms with van der Waals surface area (Å²) in [6.07, 6.45) is 6.44. The molecule has 1 aliphatic carbocycles. The van der Waals surface area contributed by atoms with Crippen LogP contribution in [0.5, 0.6) is 0 Å². The lowest BCUT2D eigenvalue weighted by molar-refractivity contribution is -0.141. The van der Waals surface area contributed by atoms with Crippen molar-refractivity contribution in [1.29, 1.82) is 0 Å². The molecule has 0 aliphatic heterocycles. The number of carbonyl (C=O) groups excluding carboxylic acids is 2. The Morgan fingerprint density at radius 3 is 2.41 bits per heavy atom. The molecule has 0 heterocycles. The van der Waals surface area contributed by atoms with Gasteiger partial charge in [0.25, 0.3) is 0 Å². The van der Waals surface area contributed by atoms with Gasteiger partial charge in [0, 0.05) is 29.7 Å². The SMILES string of the molecule is CC[C@H](C(=O)NC1CCCCC1)N(Cc1ccc(Cl)c(Cl)c1)C(=O)CCSc1ccc(C)cc1. The predicted molar refractivity (Wildman–Crippen MR) is 143 cm³/mol. The summed E-state index contributed by atoms with van der Waals surface area (Å²) in [4.78, 5) is 29.5. The minimum atomic E-state index is -0.520. The molecule has 0 bridgehead atoms. The first-order valence-corrected chi connectivity index (χ1v) is 13.8. The highest BCUT2D eigenvalue weighted by Crippen LogP contribution is 2.25. The minimum Gasteiger partial charge on any atom is -0.352 e. The summed E-state index contributed by atoms with van der Waals surface area (Å²) in [6, 6.07) is 13.3. The number of benzene rings is 2. The molecule has 7 heteroatoms. The van der Waals surface area contributed by atoms with Crippen LogP contribution < -0.4 is 5.32 Å². The molecule has 1 saturated carbocycles. The van der Waals surface area contributed by atoms with Crippen molar-refractivity contribution < 1.29 is 9.59 Å². The van der Waals surface area contributed by atoms with Gasteiger partial charge in [-0.15, -0.1) is 11.8 Å². The molecule has 2 aromatic carbocycles. The Bertz CT molecular complexity index is 962. The first-order chi connectivity index (χ1) is 16.4. The molecule has 0 spiro atoms. The highest BCUT2D eigenvalue weighted by Gasteiger charge is 2.30. The van der Waals surface area contributed by atoms with Crippen LogP contribution in [0.15, 0.2) is 47.4 Å². The van der Waals surface area contributed by atoms with E-state index < -0.39 is 6.04 Å². The fourth-order valence-electron chi connectivity index (χ4n) is 4.33. The largest absolute Gasteiger partial charge is 0.352 e. The summed E-state index contributed by atoms with van der Waals surface area (Å²) in [5, 5.41) is 4.13. The van der Waals surface area contributed by atoms with Crippen molar-refractivity contribution >= 4 is 46.8 Å². The van der Waals surface area contributed by atoms with Crippen LogP contribution in [0.3, 0.4) is 0 Å². The number of amides is 2. The smallest absolute Gasteiger partial charge is 0.243 e. The van der Waals surface area contributed by atoms with Gasteiger partial charge in [0.15, 0.2) is 0 Å². The number of thioether (sulfide) groups is 1. The number of nitrogens with zero attached hydrogens (tertiary/aromatic N) is 1. The van der Waals surface area contributed by atoms with Crippen LogP contribution in [-0.2, 0) is 16.1 Å². The Balaban J connectivity index is 1.71. The number of nitrogens with one attached hydrogen (secondary N) is 1. The summed E-state index contributed by atoms with van der Waals surface area (Å²) in [7, 11) is 0. The molecule has 1 aliphatic rings. The number of hydrogen-bond acceptors (Lipinski definition) is 3. The van der Waals surface area contributed by atoms with Gasteiger partial charge in [0.05, 0.1) is 10.0 Å². The van der Waals surface area contributed by atoms with E-state index >= 15 is 0 Å². The van der Waals surface area contributed by atoms with Gasteiger partial charge >= 0.3 is 0 Å². The van der Waals surface area contributed by atoms with E-state index in [1.807, 2.05) is 13.0 Å². The van der Waals surface area contributed by atoms with Gasteiger partial charge < -0.3 is 10.2 Å². The van der Waals surface area contributed by atoms with Crippen LogP contribution in [0.4, 0.5) is 0 Å². The maximum Gasteiger partial charge on any atom is 0.243 e. The molecule has 3 rings (SSSR count). The quantitative estimate of drug-likeness (QED) is 0.341. The molecule has 4 nitrogen and oxygen atoms in total. The molecule has 184 valence electrons. The van der Waals surface area contributed by atoms with E-state index in [9.17, 15) is 9.59 Å². The summed E-state index contributed by atoms with van der Waals surface area (Å²) in [5.41, 5.74) is 2.07. The lowest BCUT2D eigenvalue weighted by Crippen LogP contribution is -2.51. The van der Waals surface area contributed by atoms with Gasteiger partial charge in [-0.1, -0.05) is 73.2 Å². The topological polar surface area (TPSA) is 49.4 Å². The number of halogens is 2. The van der Waals surface area contributed by atoms with E-state index in [4.69, 9.17) is 23.2 Å². The summed E-state index contributed by atoms with van der Waals surface area (Å²) < 4.78 is 0. The zero-order valence-electron chi connectivity index (χ0n) is 20.0. The standard InChI is InChI=1S/C27H34Cl2N2O2S/c1-3-25(27(33)30-21-7-5-4-6-8-21)31(18-20-11-14-23(28)24(29)17-20)26(32)15-16-34-22-12-9-19(2)10-13-22/h9-14,17,21,25H,3-8,15-16,18H2,1-2H3,(H,30,33)/t25-/m1/s1. The molecule has 2 aromatic rings. The van der Waals surface area contributed by atoms with E-state index in [0.717, 1.165) is 36.1 Å². The molecule has 34 heavy (non-hydrogen) atoms. The van der Waals surface area contributed by atoms with E-state index in [2.05, 4.69) is 36.5 Å². The van der Waals surface area contributed by atoms with Gasteiger partial charge in [-0.25, -0.2) is 0 Å². The van der Waals surface area contributed by atoms with Gasteiger partial charge in [-0.3, -0.25) is 9.59 Å². The Kier molecular flexibility index (Phi) is 10.6. The van der Waals surface area contributed by atoms with Crippen molar-refractivity contribution in [3.05, 3.63) is 63.6 Å². The zero-order chi connectivity index (χ0) is 24.5. The molecule has 0 aromatic heterocycles. The van der Waals surface area contributed by atoms with Crippen molar-refractivity contribution in [2.24, 2.45) is 0 Å². The molecule has 1 fully saturated rings. The number of rotatable bonds is 10. The van der Waals surface area contributed by atoms with Crippen molar-refractivity contribution in [2.45, 2.75) is 82.3 Å². The van der Waals surface area contributed by atoms with E-state index in [0.29, 0.717) is 35.2 Å². The lowest BCUT2D eigenvalue weighted by atomic mass is 9.95. The number of aryl methyl sites for hydroxylation is 1. The number of hydrogen-bond donors (Lipinski definition) is 1. The average molecular weight is 522 g/mol. The van der Waals surface area contributed by atoms with E-state index in [1.165, 1.54) is 12.0 Å². The molecule has 0 saturated heterocycles. The van der Waals surface area contributed by atoms with Crippen molar-refractivity contribution in [3.63, 3.8) is 0 Å². The summed E-state index contributed by atoms with van der Waals surface area (Å²) in [5.74, 6) is 0.561. The van der Waals surface area contributed by atoms with Gasteiger partial charge in [-0.2, -0.15) is 0 Å². The van der Waals surface area contributed by atoms with Crippen molar-refractivity contribution in [3.8, 4) is 0 Å². The van der Waals surface area contributed by atoms with E-state index in [1.54, 1.807) is 28.8 Å². The monoisotopic (exact) mass is 520 g/mol. The normalized spacial score (nSPS) is 15.1. The van der Waals surface area contributed by atoms with Crippen LogP contribution in [-0.4, -0.2) is 34.6 Å². The minimum absolute atomic E-state index is 0.0312. The first-order valence-electron chi connectivity index (χ1n) is 12.1. The third kappa shape index (κ3) is 7.93. The third-order valence-corrected chi connectivity index (χ3v) is 8.03. The lowest BCUT2D eigenvalue weighted by Gasteiger charge is -2.33. The van der Waals surface area contributed by atoms with Gasteiger partial charge in [-0.05, 0) is 56.0 Å². The molecule has 1 N–H and O–H groups in total.